The van der Waals surface area contributed by atoms with Crippen LogP contribution in [0.2, 0.25) is 0 Å². The Hall–Kier alpha value is -1.85. The number of carbonyl (C=O) groups excluding carboxylic acids is 2. The molecular formula is C14H26N4O6S. The van der Waals surface area contributed by atoms with Gasteiger partial charge in [-0.25, -0.2) is 4.79 Å². The molecule has 0 rings (SSSR count). The van der Waals surface area contributed by atoms with Gasteiger partial charge in [0, 0.05) is 12.2 Å². The summed E-state index contributed by atoms with van der Waals surface area (Å²) in [4.78, 5) is 45.9. The van der Waals surface area contributed by atoms with Crippen molar-refractivity contribution in [3.63, 3.8) is 0 Å². The van der Waals surface area contributed by atoms with Crippen molar-refractivity contribution in [1.82, 2.24) is 10.6 Å². The summed E-state index contributed by atoms with van der Waals surface area (Å²) in [6.07, 6.45) is 0.735. The number of nitrogens with one attached hydrogen (secondary N) is 2. The molecule has 11 heteroatoms. The molecule has 10 nitrogen and oxygen atoms in total. The molecule has 0 bridgehead atoms. The third-order valence-electron chi connectivity index (χ3n) is 3.37. The molecule has 0 aromatic carbocycles. The van der Waals surface area contributed by atoms with E-state index in [1.807, 2.05) is 0 Å². The van der Waals surface area contributed by atoms with E-state index < -0.39 is 48.3 Å². The first-order chi connectivity index (χ1) is 11.7. The van der Waals surface area contributed by atoms with Crippen molar-refractivity contribution < 1.29 is 29.4 Å². The van der Waals surface area contributed by atoms with Gasteiger partial charge >= 0.3 is 11.9 Å². The van der Waals surface area contributed by atoms with E-state index in [9.17, 15) is 19.2 Å². The second-order valence-corrected chi connectivity index (χ2v) is 5.83. The van der Waals surface area contributed by atoms with Crippen molar-refractivity contribution in [2.45, 2.75) is 50.2 Å². The van der Waals surface area contributed by atoms with Gasteiger partial charge in [0.1, 0.15) is 12.1 Å². The third kappa shape index (κ3) is 9.89. The lowest BCUT2D eigenvalue weighted by Crippen LogP contribution is -2.54. The van der Waals surface area contributed by atoms with Gasteiger partial charge in [0.15, 0.2) is 0 Å². The number of carboxylic acid groups (broad SMARTS) is 2. The minimum absolute atomic E-state index is 0.0827. The van der Waals surface area contributed by atoms with E-state index in [0.717, 1.165) is 0 Å². The summed E-state index contributed by atoms with van der Waals surface area (Å²) in [6, 6.07) is -3.26. The molecule has 8 N–H and O–H groups in total. The maximum atomic E-state index is 12.3. The minimum Gasteiger partial charge on any atom is -0.481 e. The van der Waals surface area contributed by atoms with E-state index in [4.69, 9.17) is 21.7 Å². The molecule has 0 spiro atoms. The summed E-state index contributed by atoms with van der Waals surface area (Å²) in [5, 5.41) is 22.5. The van der Waals surface area contributed by atoms with E-state index in [-0.39, 0.29) is 18.6 Å². The van der Waals surface area contributed by atoms with Gasteiger partial charge in [-0.05, 0) is 32.2 Å². The molecule has 0 aliphatic rings. The lowest BCUT2D eigenvalue weighted by atomic mass is 10.1. The molecule has 0 saturated heterocycles. The molecule has 0 aromatic rings. The fourth-order valence-corrected chi connectivity index (χ4v) is 2.09. The van der Waals surface area contributed by atoms with Crippen molar-refractivity contribution in [2.75, 3.05) is 12.3 Å². The Morgan fingerprint density at radius 1 is 0.960 bits per heavy atom. The highest BCUT2D eigenvalue weighted by molar-refractivity contribution is 7.80. The smallest absolute Gasteiger partial charge is 0.326 e. The fourth-order valence-electron chi connectivity index (χ4n) is 1.92. The second kappa shape index (κ2) is 12.5. The summed E-state index contributed by atoms with van der Waals surface area (Å²) in [5.41, 5.74) is 10.9. The van der Waals surface area contributed by atoms with Crippen LogP contribution >= 0.6 is 12.6 Å². The predicted octanol–water partition coefficient (Wildman–Crippen LogP) is -1.71. The summed E-state index contributed by atoms with van der Waals surface area (Å²) in [6.45, 7) is 0.412. The highest BCUT2D eigenvalue weighted by Crippen LogP contribution is 2.05. The first-order valence-electron chi connectivity index (χ1n) is 7.84. The normalized spacial score (nSPS) is 14.2. The number of hydrogen-bond acceptors (Lipinski definition) is 7. The third-order valence-corrected chi connectivity index (χ3v) is 3.77. The van der Waals surface area contributed by atoms with Crippen molar-refractivity contribution in [1.29, 1.82) is 0 Å². The zero-order chi connectivity index (χ0) is 19.4. The van der Waals surface area contributed by atoms with Gasteiger partial charge in [0.05, 0.1) is 6.04 Å². The van der Waals surface area contributed by atoms with Crippen molar-refractivity contribution in [3.8, 4) is 0 Å². The van der Waals surface area contributed by atoms with E-state index in [1.165, 1.54) is 0 Å². The Morgan fingerprint density at radius 2 is 1.56 bits per heavy atom. The average molecular weight is 378 g/mol. The first-order valence-corrected chi connectivity index (χ1v) is 8.48. The highest BCUT2D eigenvalue weighted by Gasteiger charge is 2.27. The summed E-state index contributed by atoms with van der Waals surface area (Å²) >= 11 is 3.91. The molecular weight excluding hydrogens is 352 g/mol. The Kier molecular flexibility index (Phi) is 11.6. The molecule has 0 fully saturated rings. The molecule has 2 amide bonds. The number of carbonyl (C=O) groups is 4. The standard InChI is InChI=1S/C14H26N4O6S/c15-6-2-1-3-9(17-12(21)8(16)7-25)13(22)18-10(14(23)24)4-5-11(19)20/h8-10,25H,1-7,15-16H2,(H,17,21)(H,18,22)(H,19,20)(H,23,24). The van der Waals surface area contributed by atoms with Crippen LogP contribution in [0.15, 0.2) is 0 Å². The Bertz CT molecular complexity index is 476. The first kappa shape index (κ1) is 23.1. The number of hydrogen-bond donors (Lipinski definition) is 7. The van der Waals surface area contributed by atoms with Gasteiger partial charge < -0.3 is 32.3 Å². The van der Waals surface area contributed by atoms with Crippen LogP contribution < -0.4 is 22.1 Å². The molecule has 25 heavy (non-hydrogen) atoms. The van der Waals surface area contributed by atoms with Gasteiger partial charge in [0.25, 0.3) is 0 Å². The molecule has 0 aliphatic heterocycles. The number of aliphatic carboxylic acids is 2. The average Bonchev–Trinajstić information content (AvgIpc) is 2.56. The van der Waals surface area contributed by atoms with Gasteiger partial charge in [-0.1, -0.05) is 0 Å². The molecule has 0 radical (unpaired) electrons. The Morgan fingerprint density at radius 3 is 2.04 bits per heavy atom. The molecule has 3 unspecified atom stereocenters. The monoisotopic (exact) mass is 378 g/mol. The predicted molar refractivity (Wildman–Crippen MR) is 93.1 cm³/mol. The second-order valence-electron chi connectivity index (χ2n) is 5.47. The molecule has 144 valence electrons. The van der Waals surface area contributed by atoms with Crippen molar-refractivity contribution in [3.05, 3.63) is 0 Å². The van der Waals surface area contributed by atoms with Crippen molar-refractivity contribution in [2.24, 2.45) is 11.5 Å². The zero-order valence-electron chi connectivity index (χ0n) is 13.8. The van der Waals surface area contributed by atoms with Gasteiger partial charge in [-0.3, -0.25) is 14.4 Å². The maximum absolute atomic E-state index is 12.3. The number of carboxylic acids is 2. The maximum Gasteiger partial charge on any atom is 0.326 e. The van der Waals surface area contributed by atoms with Crippen LogP contribution in [0.25, 0.3) is 0 Å². The number of unbranched alkanes of at least 4 members (excludes halogenated alkanes) is 1. The Labute approximate surface area is 151 Å². The summed E-state index contributed by atoms with van der Waals surface area (Å²) in [5.74, 6) is -3.74. The number of nitrogens with two attached hydrogens (primary N) is 2. The van der Waals surface area contributed by atoms with Gasteiger partial charge in [0.2, 0.25) is 11.8 Å². The van der Waals surface area contributed by atoms with Crippen molar-refractivity contribution >= 4 is 36.4 Å². The molecule has 0 heterocycles. The fraction of sp³-hybridized carbons (Fsp3) is 0.714. The van der Waals surface area contributed by atoms with E-state index >= 15 is 0 Å². The van der Waals surface area contributed by atoms with Crippen LogP contribution in [0.1, 0.15) is 32.1 Å². The number of thiol groups is 1. The lowest BCUT2D eigenvalue weighted by Gasteiger charge is -2.22. The van der Waals surface area contributed by atoms with E-state index in [2.05, 4.69) is 23.3 Å². The molecule has 0 aromatic heterocycles. The van der Waals surface area contributed by atoms with E-state index in [0.29, 0.717) is 19.4 Å². The topological polar surface area (TPSA) is 185 Å². The quantitative estimate of drug-likeness (QED) is 0.146. The van der Waals surface area contributed by atoms with E-state index in [1.54, 1.807) is 0 Å². The highest BCUT2D eigenvalue weighted by atomic mass is 32.1. The minimum atomic E-state index is -1.36. The number of rotatable bonds is 13. The van der Waals surface area contributed by atoms with Gasteiger partial charge in [-0.15, -0.1) is 0 Å². The largest absolute Gasteiger partial charge is 0.481 e. The lowest BCUT2D eigenvalue weighted by molar-refractivity contribution is -0.143. The van der Waals surface area contributed by atoms with Crippen LogP contribution in [0, 0.1) is 0 Å². The summed E-state index contributed by atoms with van der Waals surface area (Å²) < 4.78 is 0. The number of amides is 2. The SMILES string of the molecule is NCCCCC(NC(=O)C(N)CS)C(=O)NC(CCC(=O)O)C(=O)O. The zero-order valence-corrected chi connectivity index (χ0v) is 14.7. The molecule has 3 atom stereocenters. The van der Waals surface area contributed by atoms with Crippen LogP contribution in [0.3, 0.4) is 0 Å². The van der Waals surface area contributed by atoms with Crippen LogP contribution in [0.5, 0.6) is 0 Å². The molecule has 0 saturated carbocycles. The Balaban J connectivity index is 4.93. The molecule has 0 aliphatic carbocycles. The van der Waals surface area contributed by atoms with Crippen LogP contribution in [-0.4, -0.2) is 64.4 Å². The van der Waals surface area contributed by atoms with Crippen LogP contribution in [0.4, 0.5) is 0 Å². The van der Waals surface area contributed by atoms with Crippen LogP contribution in [-0.2, 0) is 19.2 Å². The van der Waals surface area contributed by atoms with Gasteiger partial charge in [-0.2, -0.15) is 12.6 Å². The summed E-state index contributed by atoms with van der Waals surface area (Å²) in [7, 11) is 0.